The molecule has 0 bridgehead atoms. The predicted octanol–water partition coefficient (Wildman–Crippen LogP) is 5.59. The highest BCUT2D eigenvalue weighted by atomic mass is 79.9. The molecule has 4 heterocycles. The second-order valence-electron chi connectivity index (χ2n) is 8.30. The van der Waals surface area contributed by atoms with Gasteiger partial charge in [0.05, 0.1) is 22.1 Å². The van der Waals surface area contributed by atoms with Gasteiger partial charge in [0.2, 0.25) is 0 Å². The predicted molar refractivity (Wildman–Crippen MR) is 137 cm³/mol. The van der Waals surface area contributed by atoms with Gasteiger partial charge in [0.15, 0.2) is 5.82 Å². The van der Waals surface area contributed by atoms with E-state index in [1.807, 2.05) is 19.2 Å². The molecule has 0 aliphatic carbocycles. The lowest BCUT2D eigenvalue weighted by molar-refractivity contribution is 0.0688. The molecule has 0 atom stereocenters. The third-order valence-electron chi connectivity index (χ3n) is 5.02. The standard InChI is InChI=1S/C24H22BrClN4O3S/c1-13-7-20(33-11-15-8-14(2)34-12-15)21(25)22(31)30(13)19-9-18(28-10-16(19)26)17-5-6-27-23(29-17)24(3,4)32/h5-10,12,32H,11H2,1-4H3. The van der Waals surface area contributed by atoms with Gasteiger partial charge in [-0.3, -0.25) is 14.3 Å². The number of pyridine rings is 2. The third-order valence-corrected chi connectivity index (χ3v) is 6.95. The summed E-state index contributed by atoms with van der Waals surface area (Å²) in [5, 5.41) is 12.6. The van der Waals surface area contributed by atoms with Crippen LogP contribution in [0.25, 0.3) is 17.1 Å². The van der Waals surface area contributed by atoms with Crippen molar-refractivity contribution in [1.82, 2.24) is 19.5 Å². The number of halogens is 2. The Morgan fingerprint density at radius 2 is 1.97 bits per heavy atom. The highest BCUT2D eigenvalue weighted by Gasteiger charge is 2.21. The molecule has 4 rings (SSSR count). The van der Waals surface area contributed by atoms with E-state index in [0.29, 0.717) is 44.6 Å². The highest BCUT2D eigenvalue weighted by molar-refractivity contribution is 9.10. The van der Waals surface area contributed by atoms with Gasteiger partial charge < -0.3 is 9.84 Å². The molecule has 176 valence electrons. The van der Waals surface area contributed by atoms with Crippen molar-refractivity contribution in [3.05, 3.63) is 83.8 Å². The first-order valence-corrected chi connectivity index (χ1v) is 12.4. The van der Waals surface area contributed by atoms with Gasteiger partial charge in [-0.05, 0) is 67.2 Å². The van der Waals surface area contributed by atoms with Crippen LogP contribution in [0.3, 0.4) is 0 Å². The molecule has 0 fully saturated rings. The summed E-state index contributed by atoms with van der Waals surface area (Å²) in [5.74, 6) is 0.723. The fourth-order valence-corrected chi connectivity index (χ4v) is 4.64. The molecular weight excluding hydrogens is 540 g/mol. The molecule has 0 spiro atoms. The van der Waals surface area contributed by atoms with Crippen molar-refractivity contribution in [1.29, 1.82) is 0 Å². The average molecular weight is 562 g/mol. The molecule has 4 aromatic rings. The van der Waals surface area contributed by atoms with Gasteiger partial charge >= 0.3 is 0 Å². The minimum atomic E-state index is -1.21. The molecule has 0 radical (unpaired) electrons. The van der Waals surface area contributed by atoms with Crippen LogP contribution in [-0.4, -0.2) is 24.6 Å². The minimum absolute atomic E-state index is 0.265. The fourth-order valence-electron chi connectivity index (χ4n) is 3.36. The number of aryl methyl sites for hydroxylation is 2. The number of hydrogen-bond donors (Lipinski definition) is 1. The summed E-state index contributed by atoms with van der Waals surface area (Å²) >= 11 is 11.5. The van der Waals surface area contributed by atoms with E-state index in [9.17, 15) is 9.90 Å². The maximum absolute atomic E-state index is 13.3. The molecule has 0 saturated heterocycles. The van der Waals surface area contributed by atoms with E-state index in [1.54, 1.807) is 49.6 Å². The lowest BCUT2D eigenvalue weighted by Crippen LogP contribution is -2.22. The van der Waals surface area contributed by atoms with Gasteiger partial charge in [0.25, 0.3) is 5.56 Å². The van der Waals surface area contributed by atoms with E-state index in [2.05, 4.69) is 36.9 Å². The summed E-state index contributed by atoms with van der Waals surface area (Å²) in [7, 11) is 0. The van der Waals surface area contributed by atoms with Crippen molar-refractivity contribution in [3.63, 3.8) is 0 Å². The second kappa shape index (κ2) is 9.58. The van der Waals surface area contributed by atoms with Crippen LogP contribution in [0.1, 0.15) is 35.8 Å². The van der Waals surface area contributed by atoms with E-state index >= 15 is 0 Å². The lowest BCUT2D eigenvalue weighted by atomic mass is 10.1. The summed E-state index contributed by atoms with van der Waals surface area (Å²) in [6.07, 6.45) is 3.03. The monoisotopic (exact) mass is 560 g/mol. The van der Waals surface area contributed by atoms with Crippen LogP contribution in [0.2, 0.25) is 5.02 Å². The lowest BCUT2D eigenvalue weighted by Gasteiger charge is -2.17. The summed E-state index contributed by atoms with van der Waals surface area (Å²) < 4.78 is 7.71. The fraction of sp³-hybridized carbons (Fsp3) is 0.250. The average Bonchev–Trinajstić information content (AvgIpc) is 3.21. The summed E-state index contributed by atoms with van der Waals surface area (Å²) in [4.78, 5) is 27.4. The summed E-state index contributed by atoms with van der Waals surface area (Å²) in [6, 6.07) is 7.22. The van der Waals surface area contributed by atoms with E-state index in [4.69, 9.17) is 16.3 Å². The zero-order valence-corrected chi connectivity index (χ0v) is 22.1. The number of thiophene rings is 1. The van der Waals surface area contributed by atoms with E-state index < -0.39 is 5.60 Å². The molecule has 0 aliphatic rings. The molecule has 7 nitrogen and oxygen atoms in total. The Morgan fingerprint density at radius 3 is 2.65 bits per heavy atom. The smallest absolute Gasteiger partial charge is 0.273 e. The van der Waals surface area contributed by atoms with Crippen molar-refractivity contribution in [2.45, 2.75) is 39.9 Å². The summed E-state index contributed by atoms with van der Waals surface area (Å²) in [5.41, 5.74) is 1.62. The van der Waals surface area contributed by atoms with Crippen LogP contribution in [0.4, 0.5) is 0 Å². The van der Waals surface area contributed by atoms with Gasteiger partial charge in [0.1, 0.15) is 22.4 Å². The van der Waals surface area contributed by atoms with Crippen molar-refractivity contribution in [3.8, 4) is 22.8 Å². The molecule has 4 aromatic heterocycles. The molecule has 0 unspecified atom stereocenters. The zero-order chi connectivity index (χ0) is 24.6. The highest BCUT2D eigenvalue weighted by Crippen LogP contribution is 2.29. The molecular formula is C24H22BrClN4O3S. The Labute approximate surface area is 214 Å². The Hall–Kier alpha value is -2.59. The maximum Gasteiger partial charge on any atom is 0.273 e. The normalized spacial score (nSPS) is 11.6. The molecule has 10 heteroatoms. The first-order chi connectivity index (χ1) is 16.0. The molecule has 0 aliphatic heterocycles. The molecule has 0 saturated carbocycles. The van der Waals surface area contributed by atoms with Gasteiger partial charge in [0, 0.05) is 34.6 Å². The first-order valence-electron chi connectivity index (χ1n) is 10.4. The minimum Gasteiger partial charge on any atom is -0.487 e. The van der Waals surface area contributed by atoms with Crippen LogP contribution in [0, 0.1) is 13.8 Å². The Kier molecular flexibility index (Phi) is 6.91. The van der Waals surface area contributed by atoms with Crippen molar-refractivity contribution in [2.24, 2.45) is 0 Å². The SMILES string of the molecule is Cc1cc(COc2cc(C)n(-c3cc(-c4ccnc(C(C)(C)O)n4)ncc3Cl)c(=O)c2Br)cs1. The van der Waals surface area contributed by atoms with Crippen LogP contribution in [-0.2, 0) is 12.2 Å². The second-order valence-corrected chi connectivity index (χ2v) is 10.6. The topological polar surface area (TPSA) is 90.1 Å². The summed E-state index contributed by atoms with van der Waals surface area (Å²) in [6.45, 7) is 7.42. The van der Waals surface area contributed by atoms with Crippen LogP contribution in [0.5, 0.6) is 5.75 Å². The molecule has 0 aromatic carbocycles. The molecule has 1 N–H and O–H groups in total. The number of ether oxygens (including phenoxy) is 1. The first kappa shape index (κ1) is 24.5. The van der Waals surface area contributed by atoms with Gasteiger partial charge in [-0.25, -0.2) is 9.97 Å². The molecule has 34 heavy (non-hydrogen) atoms. The zero-order valence-electron chi connectivity index (χ0n) is 19.0. The van der Waals surface area contributed by atoms with E-state index in [0.717, 1.165) is 5.56 Å². The molecule has 0 amide bonds. The van der Waals surface area contributed by atoms with E-state index in [-0.39, 0.29) is 11.4 Å². The maximum atomic E-state index is 13.3. The van der Waals surface area contributed by atoms with Crippen LogP contribution < -0.4 is 10.3 Å². The third kappa shape index (κ3) is 5.07. The van der Waals surface area contributed by atoms with Gasteiger partial charge in [-0.15, -0.1) is 11.3 Å². The van der Waals surface area contributed by atoms with Crippen molar-refractivity contribution >= 4 is 38.9 Å². The number of rotatable bonds is 6. The number of aromatic nitrogens is 4. The quantitative estimate of drug-likeness (QED) is 0.330. The Balaban J connectivity index is 1.73. The van der Waals surface area contributed by atoms with Crippen molar-refractivity contribution < 1.29 is 9.84 Å². The Bertz CT molecular complexity index is 1430. The largest absolute Gasteiger partial charge is 0.487 e. The van der Waals surface area contributed by atoms with Gasteiger partial charge in [-0.1, -0.05) is 11.6 Å². The van der Waals surface area contributed by atoms with Crippen LogP contribution in [0.15, 0.2) is 51.3 Å². The number of nitrogens with zero attached hydrogens (tertiary/aromatic N) is 4. The van der Waals surface area contributed by atoms with Crippen molar-refractivity contribution in [2.75, 3.05) is 0 Å². The van der Waals surface area contributed by atoms with Gasteiger partial charge in [-0.2, -0.15) is 0 Å². The van der Waals surface area contributed by atoms with E-state index in [1.165, 1.54) is 15.6 Å². The number of aliphatic hydroxyl groups is 1. The Morgan fingerprint density at radius 1 is 1.21 bits per heavy atom. The number of hydrogen-bond acceptors (Lipinski definition) is 7. The van der Waals surface area contributed by atoms with Crippen LogP contribution >= 0.6 is 38.9 Å².